The number of nitrogens with zero attached hydrogens (tertiary/aromatic N) is 1. The van der Waals surface area contributed by atoms with Crippen LogP contribution < -0.4 is 11.1 Å². The third-order valence-corrected chi connectivity index (χ3v) is 6.40. The number of hydrogen-bond acceptors (Lipinski definition) is 4. The van der Waals surface area contributed by atoms with E-state index in [0.29, 0.717) is 17.8 Å². The molecule has 1 heterocycles. The highest BCUT2D eigenvalue weighted by Gasteiger charge is 2.30. The van der Waals surface area contributed by atoms with Crippen LogP contribution in [0.5, 0.6) is 0 Å². The molecule has 0 unspecified atom stereocenters. The normalized spacial score (nSPS) is 19.3. The number of para-hydroxylation sites is 1. The Bertz CT molecular complexity index is 850. The van der Waals surface area contributed by atoms with E-state index in [1.165, 1.54) is 11.3 Å². The summed E-state index contributed by atoms with van der Waals surface area (Å²) in [6.45, 7) is 6.77. The summed E-state index contributed by atoms with van der Waals surface area (Å²) < 4.78 is 0. The molecule has 6 heteroatoms. The predicted molar refractivity (Wildman–Crippen MR) is 124 cm³/mol. The van der Waals surface area contributed by atoms with Crippen LogP contribution in [0.1, 0.15) is 68.1 Å². The molecule has 2 aromatic rings. The van der Waals surface area contributed by atoms with E-state index in [9.17, 15) is 9.59 Å². The van der Waals surface area contributed by atoms with E-state index < -0.39 is 0 Å². The summed E-state index contributed by atoms with van der Waals surface area (Å²) in [6, 6.07) is 11.9. The third-order valence-electron chi connectivity index (χ3n) is 5.54. The van der Waals surface area contributed by atoms with Crippen molar-refractivity contribution in [3.63, 3.8) is 0 Å². The van der Waals surface area contributed by atoms with E-state index in [4.69, 9.17) is 5.73 Å². The maximum Gasteiger partial charge on any atom is 0.265 e. The molecule has 1 aliphatic rings. The first kappa shape index (κ1) is 22.5. The zero-order chi connectivity index (χ0) is 21.7. The number of benzene rings is 1. The van der Waals surface area contributed by atoms with Gasteiger partial charge in [0.05, 0.1) is 4.88 Å². The van der Waals surface area contributed by atoms with Crippen molar-refractivity contribution in [1.82, 2.24) is 4.90 Å². The molecule has 5 nitrogen and oxygen atoms in total. The van der Waals surface area contributed by atoms with Crippen LogP contribution in [0.2, 0.25) is 0 Å². The molecule has 1 aliphatic carbocycles. The number of nitrogens with two attached hydrogens (primary N) is 1. The number of amides is 2. The Morgan fingerprint density at radius 2 is 1.80 bits per heavy atom. The fourth-order valence-corrected chi connectivity index (χ4v) is 4.56. The molecule has 0 aliphatic heterocycles. The second kappa shape index (κ2) is 9.75. The molecular formula is C24H33N3O2S. The smallest absolute Gasteiger partial charge is 0.265 e. The Kier molecular flexibility index (Phi) is 7.32. The Labute approximate surface area is 183 Å². The van der Waals surface area contributed by atoms with E-state index in [0.717, 1.165) is 36.9 Å². The highest BCUT2D eigenvalue weighted by molar-refractivity contribution is 7.12. The molecule has 0 radical (unpaired) electrons. The summed E-state index contributed by atoms with van der Waals surface area (Å²) in [7, 11) is 0. The minimum absolute atomic E-state index is 0.0761. The Morgan fingerprint density at radius 1 is 1.10 bits per heavy atom. The van der Waals surface area contributed by atoms with Gasteiger partial charge in [-0.2, -0.15) is 0 Å². The Morgan fingerprint density at radius 3 is 2.43 bits per heavy atom. The molecule has 1 fully saturated rings. The lowest BCUT2D eigenvalue weighted by atomic mass is 9.88. The third kappa shape index (κ3) is 6.16. The van der Waals surface area contributed by atoms with Gasteiger partial charge in [-0.25, -0.2) is 0 Å². The number of thiophene rings is 1. The lowest BCUT2D eigenvalue weighted by molar-refractivity contribution is -0.137. The van der Waals surface area contributed by atoms with Crippen molar-refractivity contribution in [1.29, 1.82) is 0 Å². The number of hydrogen-bond donors (Lipinski definition) is 2. The lowest BCUT2D eigenvalue weighted by Gasteiger charge is -2.38. The zero-order valence-electron chi connectivity index (χ0n) is 18.2. The molecule has 3 N–H and O–H groups in total. The van der Waals surface area contributed by atoms with Crippen molar-refractivity contribution in [2.24, 2.45) is 11.1 Å². The van der Waals surface area contributed by atoms with Gasteiger partial charge >= 0.3 is 0 Å². The van der Waals surface area contributed by atoms with Crippen molar-refractivity contribution in [2.45, 2.75) is 71.5 Å². The number of anilines is 1. The van der Waals surface area contributed by atoms with E-state index in [2.05, 4.69) is 26.1 Å². The molecular weight excluding hydrogens is 394 g/mol. The van der Waals surface area contributed by atoms with Gasteiger partial charge in [-0.1, -0.05) is 45.0 Å². The van der Waals surface area contributed by atoms with Crippen LogP contribution >= 0.6 is 11.3 Å². The van der Waals surface area contributed by atoms with Gasteiger partial charge in [0.15, 0.2) is 0 Å². The molecule has 0 atom stereocenters. The number of carbonyl (C=O) groups is 2. The molecule has 2 amide bonds. The van der Waals surface area contributed by atoms with Crippen LogP contribution in [0.3, 0.4) is 0 Å². The van der Waals surface area contributed by atoms with Gasteiger partial charge in [0, 0.05) is 30.7 Å². The van der Waals surface area contributed by atoms with Gasteiger partial charge < -0.3 is 16.0 Å². The molecule has 1 aromatic carbocycles. The Hall–Kier alpha value is -2.18. The summed E-state index contributed by atoms with van der Waals surface area (Å²) in [5.74, 6) is 0.0519. The second-order valence-corrected chi connectivity index (χ2v) is 10.4. The monoisotopic (exact) mass is 427 g/mol. The van der Waals surface area contributed by atoms with E-state index >= 15 is 0 Å². The largest absolute Gasteiger partial charge is 0.335 e. The number of carbonyl (C=O) groups excluding carboxylic acids is 2. The van der Waals surface area contributed by atoms with Gasteiger partial charge in [-0.05, 0) is 54.2 Å². The van der Waals surface area contributed by atoms with Gasteiger partial charge in [0.2, 0.25) is 5.91 Å². The molecule has 0 bridgehead atoms. The van der Waals surface area contributed by atoms with E-state index in [1.54, 1.807) is 0 Å². The van der Waals surface area contributed by atoms with E-state index in [-0.39, 0.29) is 29.3 Å². The maximum atomic E-state index is 13.3. The number of rotatable bonds is 6. The van der Waals surface area contributed by atoms with Crippen molar-refractivity contribution in [3.8, 4) is 0 Å². The highest BCUT2D eigenvalue weighted by Crippen LogP contribution is 2.29. The predicted octanol–water partition coefficient (Wildman–Crippen LogP) is 5.04. The summed E-state index contributed by atoms with van der Waals surface area (Å²) in [5, 5.41) is 4.92. The molecule has 162 valence electrons. The summed E-state index contributed by atoms with van der Waals surface area (Å²) in [6.07, 6.45) is 4.25. The first-order valence-corrected chi connectivity index (χ1v) is 11.6. The summed E-state index contributed by atoms with van der Waals surface area (Å²) in [4.78, 5) is 28.5. The molecule has 0 spiro atoms. The van der Waals surface area contributed by atoms with E-state index in [1.807, 2.05) is 46.7 Å². The molecule has 3 rings (SSSR count). The van der Waals surface area contributed by atoms with Crippen LogP contribution in [0.25, 0.3) is 0 Å². The first-order valence-electron chi connectivity index (χ1n) is 10.7. The van der Waals surface area contributed by atoms with Crippen molar-refractivity contribution in [2.75, 3.05) is 5.32 Å². The van der Waals surface area contributed by atoms with Crippen LogP contribution in [0.4, 0.5) is 5.69 Å². The Balaban J connectivity index is 1.81. The summed E-state index contributed by atoms with van der Waals surface area (Å²) >= 11 is 1.42. The van der Waals surface area contributed by atoms with Gasteiger partial charge in [0.25, 0.3) is 5.91 Å². The van der Waals surface area contributed by atoms with Gasteiger partial charge in [-0.3, -0.25) is 9.59 Å². The van der Waals surface area contributed by atoms with Gasteiger partial charge in [0.1, 0.15) is 0 Å². The molecule has 30 heavy (non-hydrogen) atoms. The standard InChI is InChI=1S/C24H33N3O2S/c1-24(2,3)15-22(28)27(19-12-10-18(25)11-13-19)16-17-7-4-5-8-20(17)26-23(29)21-9-6-14-30-21/h4-9,14,18-19H,10-13,15-16,25H2,1-3H3,(H,26,29). The fraction of sp³-hybridized carbons (Fsp3) is 0.500. The summed E-state index contributed by atoms with van der Waals surface area (Å²) in [5.41, 5.74) is 7.75. The molecule has 1 aromatic heterocycles. The average molecular weight is 428 g/mol. The molecule has 0 saturated heterocycles. The van der Waals surface area contributed by atoms with Crippen molar-refractivity contribution >= 4 is 28.8 Å². The maximum absolute atomic E-state index is 13.3. The fourth-order valence-electron chi connectivity index (χ4n) is 3.94. The minimum atomic E-state index is -0.117. The average Bonchev–Trinajstić information content (AvgIpc) is 3.22. The van der Waals surface area contributed by atoms with Gasteiger partial charge in [-0.15, -0.1) is 11.3 Å². The lowest BCUT2D eigenvalue weighted by Crippen LogP contribution is -2.44. The number of nitrogens with one attached hydrogen (secondary N) is 1. The zero-order valence-corrected chi connectivity index (χ0v) is 19.0. The van der Waals surface area contributed by atoms with Crippen LogP contribution in [-0.2, 0) is 11.3 Å². The van der Waals surface area contributed by atoms with Crippen molar-refractivity contribution in [3.05, 3.63) is 52.2 Å². The van der Waals surface area contributed by atoms with Crippen LogP contribution in [0, 0.1) is 5.41 Å². The highest BCUT2D eigenvalue weighted by atomic mass is 32.1. The topological polar surface area (TPSA) is 75.4 Å². The van der Waals surface area contributed by atoms with Crippen LogP contribution in [0.15, 0.2) is 41.8 Å². The SMILES string of the molecule is CC(C)(C)CC(=O)N(Cc1ccccc1NC(=O)c1cccs1)C1CCC(N)CC1. The van der Waals surface area contributed by atoms with Crippen molar-refractivity contribution < 1.29 is 9.59 Å². The minimum Gasteiger partial charge on any atom is -0.335 e. The second-order valence-electron chi connectivity index (χ2n) is 9.42. The first-order chi connectivity index (χ1) is 14.2. The quantitative estimate of drug-likeness (QED) is 0.678. The van der Waals surface area contributed by atoms with Crippen LogP contribution in [-0.4, -0.2) is 28.8 Å². The molecule has 1 saturated carbocycles.